The lowest BCUT2D eigenvalue weighted by molar-refractivity contribution is -0.122. The maximum Gasteiger partial charge on any atom is 0.246 e. The van der Waals surface area contributed by atoms with Crippen molar-refractivity contribution in [3.8, 4) is 0 Å². The number of halogens is 2. The molecule has 0 aromatic heterocycles. The Hall–Kier alpha value is -0.860. The Morgan fingerprint density at radius 1 is 1.04 bits per heavy atom. The Morgan fingerprint density at radius 3 is 2.25 bits per heavy atom. The summed E-state index contributed by atoms with van der Waals surface area (Å²) in [7, 11) is -3.76. The molecule has 1 aromatic carbocycles. The summed E-state index contributed by atoms with van der Waals surface area (Å²) in [4.78, 5) is 14.2. The molecule has 156 valence electrons. The third-order valence-electron chi connectivity index (χ3n) is 5.53. The lowest BCUT2D eigenvalue weighted by Crippen LogP contribution is -2.51. The topological polar surface area (TPSA) is 69.7 Å². The highest BCUT2D eigenvalue weighted by molar-refractivity contribution is 7.89. The summed E-state index contributed by atoms with van der Waals surface area (Å²) < 4.78 is 27.2. The monoisotopic (exact) mass is 447 g/mol. The smallest absolute Gasteiger partial charge is 0.246 e. The highest BCUT2D eigenvalue weighted by atomic mass is 35.5. The van der Waals surface area contributed by atoms with Gasteiger partial charge in [-0.25, -0.2) is 8.42 Å². The van der Waals surface area contributed by atoms with Crippen molar-refractivity contribution < 1.29 is 13.2 Å². The minimum atomic E-state index is -3.76. The summed E-state index contributed by atoms with van der Waals surface area (Å²) in [6, 6.07) is 4.66. The number of rotatable bonds is 6. The molecular formula is C19H27Cl2N3O3S. The number of amides is 1. The third-order valence-corrected chi connectivity index (χ3v) is 8.38. The van der Waals surface area contributed by atoms with Gasteiger partial charge in [0, 0.05) is 32.7 Å². The molecule has 1 aliphatic carbocycles. The van der Waals surface area contributed by atoms with Crippen LogP contribution in [0.2, 0.25) is 10.0 Å². The first-order valence-electron chi connectivity index (χ1n) is 9.81. The fourth-order valence-electron chi connectivity index (χ4n) is 3.89. The maximum atomic E-state index is 12.9. The van der Waals surface area contributed by atoms with Gasteiger partial charge in [0.2, 0.25) is 15.9 Å². The van der Waals surface area contributed by atoms with Crippen LogP contribution in [0.1, 0.15) is 32.1 Å². The first-order valence-corrected chi connectivity index (χ1v) is 12.0. The van der Waals surface area contributed by atoms with Crippen LogP contribution in [0.4, 0.5) is 0 Å². The zero-order valence-corrected chi connectivity index (χ0v) is 18.2. The van der Waals surface area contributed by atoms with Crippen molar-refractivity contribution in [3.63, 3.8) is 0 Å². The van der Waals surface area contributed by atoms with Gasteiger partial charge in [-0.3, -0.25) is 9.69 Å². The van der Waals surface area contributed by atoms with Gasteiger partial charge in [0.25, 0.3) is 0 Å². The highest BCUT2D eigenvalue weighted by Gasteiger charge is 2.32. The number of benzene rings is 1. The maximum absolute atomic E-state index is 12.9. The fraction of sp³-hybridized carbons (Fsp3) is 0.632. The molecule has 1 aliphatic heterocycles. The van der Waals surface area contributed by atoms with Gasteiger partial charge in [-0.05, 0) is 30.9 Å². The normalized spacial score (nSPS) is 20.2. The van der Waals surface area contributed by atoms with E-state index in [4.69, 9.17) is 23.2 Å². The minimum absolute atomic E-state index is 0.0102. The number of hydrogen-bond donors (Lipinski definition) is 1. The number of carbonyl (C=O) groups excluding carboxylic acids is 1. The molecule has 28 heavy (non-hydrogen) atoms. The molecule has 0 bridgehead atoms. The van der Waals surface area contributed by atoms with Crippen molar-refractivity contribution in [2.24, 2.45) is 5.92 Å². The Labute approximate surface area is 177 Å². The van der Waals surface area contributed by atoms with E-state index >= 15 is 0 Å². The average molecular weight is 448 g/mol. The molecule has 1 N–H and O–H groups in total. The molecule has 1 aromatic rings. The van der Waals surface area contributed by atoms with Gasteiger partial charge in [-0.15, -0.1) is 0 Å². The van der Waals surface area contributed by atoms with Crippen molar-refractivity contribution in [1.82, 2.24) is 14.5 Å². The van der Waals surface area contributed by atoms with E-state index in [1.807, 2.05) is 4.90 Å². The van der Waals surface area contributed by atoms with Gasteiger partial charge in [0.15, 0.2) is 0 Å². The predicted molar refractivity (Wildman–Crippen MR) is 111 cm³/mol. The summed E-state index contributed by atoms with van der Waals surface area (Å²) in [6.45, 7) is 2.65. The summed E-state index contributed by atoms with van der Waals surface area (Å²) in [5.41, 5.74) is 0. The van der Waals surface area contributed by atoms with Gasteiger partial charge in [-0.1, -0.05) is 48.5 Å². The van der Waals surface area contributed by atoms with Crippen molar-refractivity contribution in [2.45, 2.75) is 37.0 Å². The molecule has 0 unspecified atom stereocenters. The van der Waals surface area contributed by atoms with Gasteiger partial charge in [0.05, 0.1) is 16.6 Å². The second-order valence-corrected chi connectivity index (χ2v) is 10.2. The molecule has 6 nitrogen and oxygen atoms in total. The number of nitrogens with one attached hydrogen (secondary N) is 1. The van der Waals surface area contributed by atoms with Crippen LogP contribution in [0.3, 0.4) is 0 Å². The molecule has 3 rings (SSSR count). The van der Waals surface area contributed by atoms with Crippen molar-refractivity contribution >= 4 is 39.1 Å². The molecule has 1 saturated heterocycles. The van der Waals surface area contributed by atoms with E-state index in [0.717, 1.165) is 6.54 Å². The second kappa shape index (κ2) is 9.76. The Kier molecular flexibility index (Phi) is 7.61. The first kappa shape index (κ1) is 21.8. The van der Waals surface area contributed by atoms with Crippen LogP contribution in [0.15, 0.2) is 23.1 Å². The van der Waals surface area contributed by atoms with E-state index in [0.29, 0.717) is 38.6 Å². The van der Waals surface area contributed by atoms with Gasteiger partial charge < -0.3 is 5.32 Å². The summed E-state index contributed by atoms with van der Waals surface area (Å²) in [6.07, 6.45) is 6.21. The highest BCUT2D eigenvalue weighted by Crippen LogP contribution is 2.31. The van der Waals surface area contributed by atoms with Crippen LogP contribution in [0, 0.1) is 5.92 Å². The largest absolute Gasteiger partial charge is 0.355 e. The molecule has 0 spiro atoms. The van der Waals surface area contributed by atoms with Crippen molar-refractivity contribution in [1.29, 1.82) is 0 Å². The molecule has 0 radical (unpaired) electrons. The van der Waals surface area contributed by atoms with E-state index in [9.17, 15) is 13.2 Å². The number of piperazine rings is 1. The lowest BCUT2D eigenvalue weighted by atomic mass is 9.89. The second-order valence-electron chi connectivity index (χ2n) is 7.54. The molecule has 2 aliphatic rings. The quantitative estimate of drug-likeness (QED) is 0.727. The molecule has 2 fully saturated rings. The van der Waals surface area contributed by atoms with Gasteiger partial charge in [-0.2, -0.15) is 4.31 Å². The van der Waals surface area contributed by atoms with Crippen LogP contribution in [0.5, 0.6) is 0 Å². The molecular weight excluding hydrogens is 421 g/mol. The lowest BCUT2D eigenvalue weighted by Gasteiger charge is -2.34. The van der Waals surface area contributed by atoms with Crippen LogP contribution in [-0.2, 0) is 14.8 Å². The molecule has 1 amide bonds. The number of sulfonamides is 1. The zero-order chi connectivity index (χ0) is 20.1. The first-order chi connectivity index (χ1) is 13.4. The van der Waals surface area contributed by atoms with E-state index in [-0.39, 0.29) is 20.8 Å². The van der Waals surface area contributed by atoms with Crippen molar-refractivity contribution in [3.05, 3.63) is 28.2 Å². The van der Waals surface area contributed by atoms with E-state index in [2.05, 4.69) is 5.32 Å². The van der Waals surface area contributed by atoms with Gasteiger partial charge in [0.1, 0.15) is 4.90 Å². The van der Waals surface area contributed by atoms with Crippen molar-refractivity contribution in [2.75, 3.05) is 39.3 Å². The third kappa shape index (κ3) is 5.39. The predicted octanol–water partition coefficient (Wildman–Crippen LogP) is 3.00. The molecule has 1 saturated carbocycles. The van der Waals surface area contributed by atoms with E-state index in [1.165, 1.54) is 48.5 Å². The van der Waals surface area contributed by atoms with Crippen LogP contribution in [-0.4, -0.2) is 62.8 Å². The Bertz CT molecular complexity index is 769. The number of carbonyl (C=O) groups is 1. The molecule has 1 heterocycles. The SMILES string of the molecule is O=C(CN1CCN(S(=O)(=O)c2c(Cl)cccc2Cl)CC1)NCC1CCCCC1. The number of nitrogens with zero attached hydrogens (tertiary/aromatic N) is 2. The zero-order valence-electron chi connectivity index (χ0n) is 15.9. The number of hydrogen-bond acceptors (Lipinski definition) is 4. The van der Waals surface area contributed by atoms with E-state index in [1.54, 1.807) is 6.07 Å². The minimum Gasteiger partial charge on any atom is -0.355 e. The molecule has 0 atom stereocenters. The average Bonchev–Trinajstić information content (AvgIpc) is 2.67. The molecule has 9 heteroatoms. The van der Waals surface area contributed by atoms with Crippen LogP contribution < -0.4 is 5.32 Å². The Morgan fingerprint density at radius 2 is 1.64 bits per heavy atom. The summed E-state index contributed by atoms with van der Waals surface area (Å²) in [5.74, 6) is 0.607. The standard InChI is InChI=1S/C19H27Cl2N3O3S/c20-16-7-4-8-17(21)19(16)28(26,27)24-11-9-23(10-12-24)14-18(25)22-13-15-5-2-1-3-6-15/h4,7-8,15H,1-3,5-6,9-14H2,(H,22,25). The van der Waals surface area contributed by atoms with Gasteiger partial charge >= 0.3 is 0 Å². The van der Waals surface area contributed by atoms with Crippen LogP contribution in [0.25, 0.3) is 0 Å². The van der Waals surface area contributed by atoms with Crippen LogP contribution >= 0.6 is 23.2 Å². The fourth-order valence-corrected chi connectivity index (χ4v) is 6.41. The van der Waals surface area contributed by atoms with E-state index < -0.39 is 10.0 Å². The summed E-state index contributed by atoms with van der Waals surface area (Å²) >= 11 is 12.2. The Balaban J connectivity index is 1.49. The summed E-state index contributed by atoms with van der Waals surface area (Å²) in [5, 5.41) is 3.28.